The second kappa shape index (κ2) is 8.21. The lowest BCUT2D eigenvalue weighted by Crippen LogP contribution is -2.26. The number of hydrogen-bond donors (Lipinski definition) is 2. The van der Waals surface area contributed by atoms with Crippen LogP contribution in [0.4, 0.5) is 5.69 Å². The van der Waals surface area contributed by atoms with Crippen LogP contribution in [0.1, 0.15) is 41.8 Å². The zero-order valence-electron chi connectivity index (χ0n) is 20.5. The number of nitrogens with zero attached hydrogens (tertiary/aromatic N) is 6. The normalized spacial score (nSPS) is 20.7. The van der Waals surface area contributed by atoms with E-state index in [4.69, 9.17) is 11.6 Å². The Labute approximate surface area is 226 Å². The number of carbonyl (C=O) groups is 1. The number of aromatic nitrogens is 7. The summed E-state index contributed by atoms with van der Waals surface area (Å²) in [6.07, 6.45) is 5.59. The number of imidazole rings is 1. The largest absolute Gasteiger partial charge is 0.340 e. The standard InChI is InChI=1S/C28H21ClN8O2/c29-17-3-5-23(36-13-31-34-35-36)18(10-17)16-8-24-19-11-20(19)27(37(24)26(39)9-16)22-12-30-28(33-22)15-1-4-21-14(7-15)2-6-25(38)32-21/h1,3-5,7-10,12-13,19-20,27H,2,6,11H2,(H,30,33)(H,32,38). The summed E-state index contributed by atoms with van der Waals surface area (Å²) in [4.78, 5) is 33.5. The van der Waals surface area contributed by atoms with Gasteiger partial charge in [-0.1, -0.05) is 11.6 Å². The van der Waals surface area contributed by atoms with Crippen molar-refractivity contribution in [3.8, 4) is 28.2 Å². The lowest BCUT2D eigenvalue weighted by atomic mass is 10.0. The van der Waals surface area contributed by atoms with E-state index in [-0.39, 0.29) is 17.5 Å². The Morgan fingerprint density at radius 2 is 1.92 bits per heavy atom. The molecule has 8 rings (SSSR count). The zero-order chi connectivity index (χ0) is 26.2. The Balaban J connectivity index is 1.17. The third-order valence-electron chi connectivity index (χ3n) is 8.06. The van der Waals surface area contributed by atoms with Crippen molar-refractivity contribution < 1.29 is 4.79 Å². The van der Waals surface area contributed by atoms with E-state index in [1.54, 1.807) is 16.8 Å². The number of aromatic amines is 1. The van der Waals surface area contributed by atoms with E-state index in [0.29, 0.717) is 29.7 Å². The van der Waals surface area contributed by atoms with Crippen LogP contribution < -0.4 is 10.9 Å². The molecule has 1 amide bonds. The van der Waals surface area contributed by atoms with Gasteiger partial charge in [-0.05, 0) is 82.8 Å². The van der Waals surface area contributed by atoms with E-state index in [9.17, 15) is 9.59 Å². The number of hydrogen-bond acceptors (Lipinski definition) is 6. The number of halogens is 1. The number of fused-ring (bicyclic) bond motifs is 4. The van der Waals surface area contributed by atoms with Crippen LogP contribution in [0.5, 0.6) is 0 Å². The molecule has 1 aliphatic carbocycles. The van der Waals surface area contributed by atoms with E-state index in [1.807, 2.05) is 35.0 Å². The first-order chi connectivity index (χ1) is 19.0. The molecular formula is C28H21ClN8O2. The molecule has 3 aromatic heterocycles. The van der Waals surface area contributed by atoms with E-state index < -0.39 is 0 Å². The monoisotopic (exact) mass is 536 g/mol. The maximum atomic E-state index is 13.6. The molecule has 10 nitrogen and oxygen atoms in total. The summed E-state index contributed by atoms with van der Waals surface area (Å²) in [7, 11) is 0. The second-order valence-corrected chi connectivity index (χ2v) is 10.8. The number of carbonyl (C=O) groups excluding carboxylic acids is 1. The smallest absolute Gasteiger partial charge is 0.251 e. The molecule has 1 fully saturated rings. The van der Waals surface area contributed by atoms with Crippen molar-refractivity contribution in [1.82, 2.24) is 34.7 Å². The highest BCUT2D eigenvalue weighted by Gasteiger charge is 2.53. The van der Waals surface area contributed by atoms with Gasteiger partial charge in [0.1, 0.15) is 12.2 Å². The van der Waals surface area contributed by atoms with E-state index >= 15 is 0 Å². The van der Waals surface area contributed by atoms with Gasteiger partial charge >= 0.3 is 0 Å². The second-order valence-electron chi connectivity index (χ2n) is 10.4. The maximum absolute atomic E-state index is 13.6. The number of benzene rings is 2. The maximum Gasteiger partial charge on any atom is 0.251 e. The van der Waals surface area contributed by atoms with Gasteiger partial charge in [-0.15, -0.1) is 5.10 Å². The molecule has 0 spiro atoms. The summed E-state index contributed by atoms with van der Waals surface area (Å²) >= 11 is 6.35. The molecule has 0 bridgehead atoms. The molecule has 3 aliphatic rings. The summed E-state index contributed by atoms with van der Waals surface area (Å²) < 4.78 is 3.48. The average molecular weight is 537 g/mol. The van der Waals surface area contributed by atoms with Crippen LogP contribution in [0.3, 0.4) is 0 Å². The summed E-state index contributed by atoms with van der Waals surface area (Å²) in [5.41, 5.74) is 7.13. The SMILES string of the molecule is O=C1CCc2cc(-c3ncc(C4C5CC5c5cc(-c6cc(Cl)ccc6-n6cnnn6)cc(=O)n54)[nH]3)ccc2N1. The fourth-order valence-corrected chi connectivity index (χ4v) is 6.35. The molecule has 11 heteroatoms. The molecule has 0 radical (unpaired) electrons. The van der Waals surface area contributed by atoms with Gasteiger partial charge in [0, 0.05) is 45.9 Å². The van der Waals surface area contributed by atoms with Gasteiger partial charge in [-0.25, -0.2) is 4.98 Å². The highest BCUT2D eigenvalue weighted by Crippen LogP contribution is 2.60. The van der Waals surface area contributed by atoms with Gasteiger partial charge in [-0.2, -0.15) is 4.68 Å². The Kier molecular flexibility index (Phi) is 4.72. The minimum Gasteiger partial charge on any atom is -0.340 e. The van der Waals surface area contributed by atoms with Crippen molar-refractivity contribution in [3.63, 3.8) is 0 Å². The summed E-state index contributed by atoms with van der Waals surface area (Å²) in [6, 6.07) is 15.1. The van der Waals surface area contributed by atoms with Crippen molar-refractivity contribution in [1.29, 1.82) is 0 Å². The number of aryl methyl sites for hydroxylation is 1. The number of pyridine rings is 1. The third kappa shape index (κ3) is 3.55. The molecule has 2 aromatic carbocycles. The van der Waals surface area contributed by atoms with E-state index in [2.05, 4.69) is 42.9 Å². The minimum absolute atomic E-state index is 0.0463. The molecule has 3 atom stereocenters. The number of rotatable bonds is 4. The quantitative estimate of drug-likeness (QED) is 0.356. The summed E-state index contributed by atoms with van der Waals surface area (Å²) in [5.74, 6) is 1.46. The fraction of sp³-hybridized carbons (Fsp3) is 0.214. The lowest BCUT2D eigenvalue weighted by molar-refractivity contribution is -0.116. The fourth-order valence-electron chi connectivity index (χ4n) is 6.18. The first-order valence-electron chi connectivity index (χ1n) is 12.8. The van der Waals surface area contributed by atoms with Crippen LogP contribution in [0.15, 0.2) is 65.8 Å². The zero-order valence-corrected chi connectivity index (χ0v) is 21.3. The predicted octanol–water partition coefficient (Wildman–Crippen LogP) is 4.13. The highest BCUT2D eigenvalue weighted by atomic mass is 35.5. The molecule has 1 saturated carbocycles. The topological polar surface area (TPSA) is 123 Å². The third-order valence-corrected chi connectivity index (χ3v) is 8.29. The van der Waals surface area contributed by atoms with Gasteiger partial charge in [-0.3, -0.25) is 9.59 Å². The number of tetrazole rings is 1. The Hall–Kier alpha value is -4.57. The van der Waals surface area contributed by atoms with Gasteiger partial charge in [0.25, 0.3) is 5.56 Å². The molecular weight excluding hydrogens is 516 g/mol. The van der Waals surface area contributed by atoms with E-state index in [1.165, 1.54) is 6.33 Å². The van der Waals surface area contributed by atoms with Crippen molar-refractivity contribution in [3.05, 3.63) is 93.4 Å². The van der Waals surface area contributed by atoms with Crippen LogP contribution in [0, 0.1) is 5.92 Å². The van der Waals surface area contributed by atoms with Crippen LogP contribution >= 0.6 is 11.6 Å². The van der Waals surface area contributed by atoms with Crippen LogP contribution in [0.2, 0.25) is 5.02 Å². The minimum atomic E-state index is -0.0944. The molecule has 2 N–H and O–H groups in total. The Morgan fingerprint density at radius 3 is 2.79 bits per heavy atom. The van der Waals surface area contributed by atoms with Gasteiger partial charge < -0.3 is 14.9 Å². The first-order valence-corrected chi connectivity index (χ1v) is 13.2. The van der Waals surface area contributed by atoms with Crippen LogP contribution in [-0.2, 0) is 11.2 Å². The Bertz CT molecular complexity index is 1860. The van der Waals surface area contributed by atoms with Crippen LogP contribution in [-0.4, -0.2) is 40.6 Å². The number of nitrogens with one attached hydrogen (secondary N) is 2. The number of H-pyrrole nitrogens is 1. The molecule has 0 saturated heterocycles. The molecule has 5 heterocycles. The molecule has 3 unspecified atom stereocenters. The molecule has 2 aliphatic heterocycles. The Morgan fingerprint density at radius 1 is 1.00 bits per heavy atom. The van der Waals surface area contributed by atoms with Crippen molar-refractivity contribution in [2.24, 2.45) is 5.92 Å². The lowest BCUT2D eigenvalue weighted by Gasteiger charge is -2.18. The predicted molar refractivity (Wildman–Crippen MR) is 144 cm³/mol. The molecule has 192 valence electrons. The molecule has 39 heavy (non-hydrogen) atoms. The van der Waals surface area contributed by atoms with Crippen LogP contribution in [0.25, 0.3) is 28.2 Å². The van der Waals surface area contributed by atoms with Crippen molar-refractivity contribution >= 4 is 23.2 Å². The highest BCUT2D eigenvalue weighted by molar-refractivity contribution is 6.31. The summed E-state index contributed by atoms with van der Waals surface area (Å²) in [5, 5.41) is 15.0. The number of anilines is 1. The number of amides is 1. The van der Waals surface area contributed by atoms with Gasteiger partial charge in [0.05, 0.1) is 23.6 Å². The van der Waals surface area contributed by atoms with Gasteiger partial charge in [0.15, 0.2) is 0 Å². The first kappa shape index (κ1) is 22.4. The van der Waals surface area contributed by atoms with E-state index in [0.717, 1.165) is 57.3 Å². The van der Waals surface area contributed by atoms with Crippen molar-refractivity contribution in [2.75, 3.05) is 5.32 Å². The van der Waals surface area contributed by atoms with Crippen molar-refractivity contribution in [2.45, 2.75) is 31.2 Å². The molecule has 5 aromatic rings. The average Bonchev–Trinajstić information content (AvgIpc) is 3.28. The van der Waals surface area contributed by atoms with Gasteiger partial charge in [0.2, 0.25) is 5.91 Å². The summed E-state index contributed by atoms with van der Waals surface area (Å²) in [6.45, 7) is 0.